The Bertz CT molecular complexity index is 212. The van der Waals surface area contributed by atoms with E-state index in [4.69, 9.17) is 5.73 Å². The van der Waals surface area contributed by atoms with Crippen LogP contribution in [0.1, 0.15) is 19.3 Å². The number of carbonyl (C=O) groups excluding carboxylic acids is 2. The number of piperidine rings is 1. The molecule has 0 atom stereocenters. The number of esters is 1. The fraction of sp³-hybridized carbons (Fsp3) is 0.778. The monoisotopic (exact) mass is 200 g/mol. The Morgan fingerprint density at radius 2 is 1.86 bits per heavy atom. The Morgan fingerprint density at radius 3 is 2.43 bits per heavy atom. The summed E-state index contributed by atoms with van der Waals surface area (Å²) in [6, 6.07) is 0. The molecule has 0 saturated carbocycles. The largest absolute Gasteiger partial charge is 0.455 e. The first-order valence-corrected chi connectivity index (χ1v) is 4.87. The summed E-state index contributed by atoms with van der Waals surface area (Å²) in [5.41, 5.74) is 5.04. The highest BCUT2D eigenvalue weighted by Crippen LogP contribution is 2.08. The Morgan fingerprint density at radius 1 is 1.21 bits per heavy atom. The molecule has 5 heteroatoms. The lowest BCUT2D eigenvalue weighted by atomic mass is 10.1. The second kappa shape index (κ2) is 5.59. The molecule has 0 bridgehead atoms. The zero-order chi connectivity index (χ0) is 10.4. The molecule has 1 rings (SSSR count). The maximum Gasteiger partial charge on any atom is 0.320 e. The van der Waals surface area contributed by atoms with Crippen molar-refractivity contribution in [1.29, 1.82) is 0 Å². The number of nitrogens with zero attached hydrogens (tertiary/aromatic N) is 1. The minimum absolute atomic E-state index is 0.119. The summed E-state index contributed by atoms with van der Waals surface area (Å²) in [5.74, 6) is -0.651. The number of hydrogen-bond donors (Lipinski definition) is 1. The Kier molecular flexibility index (Phi) is 4.39. The number of hydrogen-bond acceptors (Lipinski definition) is 4. The van der Waals surface area contributed by atoms with Crippen LogP contribution in [0.4, 0.5) is 0 Å². The van der Waals surface area contributed by atoms with E-state index >= 15 is 0 Å². The van der Waals surface area contributed by atoms with E-state index in [1.807, 2.05) is 0 Å². The smallest absolute Gasteiger partial charge is 0.320 e. The van der Waals surface area contributed by atoms with Gasteiger partial charge in [0.2, 0.25) is 0 Å². The van der Waals surface area contributed by atoms with E-state index in [9.17, 15) is 9.59 Å². The zero-order valence-corrected chi connectivity index (χ0v) is 8.20. The molecule has 1 fully saturated rings. The molecular formula is C9H16N2O3. The molecule has 80 valence electrons. The van der Waals surface area contributed by atoms with Gasteiger partial charge in [0.25, 0.3) is 5.91 Å². The average molecular weight is 200 g/mol. The van der Waals surface area contributed by atoms with E-state index in [0.717, 1.165) is 25.9 Å². The molecule has 1 aliphatic heterocycles. The van der Waals surface area contributed by atoms with Gasteiger partial charge < -0.3 is 15.4 Å². The van der Waals surface area contributed by atoms with Crippen LogP contribution in [-0.2, 0) is 14.3 Å². The van der Waals surface area contributed by atoms with Crippen molar-refractivity contribution in [3.8, 4) is 0 Å². The number of amides is 1. The van der Waals surface area contributed by atoms with Crippen molar-refractivity contribution in [3.05, 3.63) is 0 Å². The molecule has 1 amide bonds. The second-order valence-corrected chi connectivity index (χ2v) is 3.31. The van der Waals surface area contributed by atoms with Crippen molar-refractivity contribution in [1.82, 2.24) is 4.90 Å². The highest BCUT2D eigenvalue weighted by atomic mass is 16.5. The molecule has 5 nitrogen and oxygen atoms in total. The van der Waals surface area contributed by atoms with Crippen molar-refractivity contribution in [2.75, 3.05) is 26.2 Å². The Hall–Kier alpha value is -1.10. The molecule has 0 aliphatic carbocycles. The molecule has 0 radical (unpaired) electrons. The van der Waals surface area contributed by atoms with Crippen LogP contribution in [0, 0.1) is 0 Å². The number of ether oxygens (including phenoxy) is 1. The summed E-state index contributed by atoms with van der Waals surface area (Å²) in [6.45, 7) is 1.21. The Labute approximate surface area is 83.2 Å². The molecule has 1 aliphatic rings. The molecule has 2 N–H and O–H groups in total. The van der Waals surface area contributed by atoms with Gasteiger partial charge in [0.1, 0.15) is 0 Å². The third kappa shape index (κ3) is 3.33. The predicted octanol–water partition coefficient (Wildman–Crippen LogP) is -0.499. The number of rotatable bonds is 3. The molecule has 0 aromatic carbocycles. The van der Waals surface area contributed by atoms with E-state index in [1.54, 1.807) is 4.90 Å². The first-order chi connectivity index (χ1) is 6.74. The first kappa shape index (κ1) is 11.0. The number of carbonyl (C=O) groups is 2. The van der Waals surface area contributed by atoms with Gasteiger partial charge in [0.15, 0.2) is 6.61 Å². The van der Waals surface area contributed by atoms with Crippen LogP contribution in [0.15, 0.2) is 0 Å². The van der Waals surface area contributed by atoms with E-state index in [-0.39, 0.29) is 19.1 Å². The van der Waals surface area contributed by atoms with E-state index in [1.165, 1.54) is 6.42 Å². The van der Waals surface area contributed by atoms with Gasteiger partial charge >= 0.3 is 5.97 Å². The van der Waals surface area contributed by atoms with Crippen LogP contribution in [0.25, 0.3) is 0 Å². The van der Waals surface area contributed by atoms with Gasteiger partial charge in [-0.2, -0.15) is 0 Å². The highest BCUT2D eigenvalue weighted by Gasteiger charge is 2.17. The molecule has 0 aromatic heterocycles. The minimum Gasteiger partial charge on any atom is -0.455 e. The fourth-order valence-electron chi connectivity index (χ4n) is 1.44. The van der Waals surface area contributed by atoms with Crippen molar-refractivity contribution in [2.45, 2.75) is 19.3 Å². The van der Waals surface area contributed by atoms with Crippen molar-refractivity contribution < 1.29 is 14.3 Å². The minimum atomic E-state index is -0.532. The van der Waals surface area contributed by atoms with E-state index in [0.29, 0.717) is 0 Å². The third-order valence-corrected chi connectivity index (χ3v) is 2.23. The maximum absolute atomic E-state index is 11.4. The molecule has 0 spiro atoms. The summed E-state index contributed by atoms with van der Waals surface area (Å²) < 4.78 is 4.65. The first-order valence-electron chi connectivity index (χ1n) is 4.87. The van der Waals surface area contributed by atoms with Gasteiger partial charge in [-0.1, -0.05) is 0 Å². The SMILES string of the molecule is NCC(=O)OCC(=O)N1CCCCC1. The summed E-state index contributed by atoms with van der Waals surface area (Å²) in [6.07, 6.45) is 3.25. The van der Waals surface area contributed by atoms with Crippen LogP contribution in [0.5, 0.6) is 0 Å². The van der Waals surface area contributed by atoms with Crippen LogP contribution in [0.3, 0.4) is 0 Å². The van der Waals surface area contributed by atoms with Crippen LogP contribution in [0.2, 0.25) is 0 Å². The highest BCUT2D eigenvalue weighted by molar-refractivity contribution is 5.81. The number of nitrogens with two attached hydrogens (primary N) is 1. The lowest BCUT2D eigenvalue weighted by molar-refractivity contribution is -0.151. The van der Waals surface area contributed by atoms with Crippen molar-refractivity contribution >= 4 is 11.9 Å². The summed E-state index contributed by atoms with van der Waals surface area (Å²) in [4.78, 5) is 23.8. The lowest BCUT2D eigenvalue weighted by Crippen LogP contribution is -2.38. The lowest BCUT2D eigenvalue weighted by Gasteiger charge is -2.26. The zero-order valence-electron chi connectivity index (χ0n) is 8.20. The molecule has 0 aromatic rings. The van der Waals surface area contributed by atoms with Gasteiger partial charge in [-0.3, -0.25) is 9.59 Å². The molecule has 1 heterocycles. The molecule has 1 saturated heterocycles. The van der Waals surface area contributed by atoms with Crippen LogP contribution < -0.4 is 5.73 Å². The Balaban J connectivity index is 2.23. The summed E-state index contributed by atoms with van der Waals surface area (Å²) in [5, 5.41) is 0. The number of likely N-dealkylation sites (tertiary alicyclic amines) is 1. The van der Waals surface area contributed by atoms with Gasteiger partial charge in [0.05, 0.1) is 6.54 Å². The quantitative estimate of drug-likeness (QED) is 0.623. The average Bonchev–Trinajstić information content (AvgIpc) is 2.26. The van der Waals surface area contributed by atoms with Crippen LogP contribution in [-0.4, -0.2) is 43.0 Å². The van der Waals surface area contributed by atoms with E-state index < -0.39 is 5.97 Å². The summed E-state index contributed by atoms with van der Waals surface area (Å²) >= 11 is 0. The maximum atomic E-state index is 11.4. The van der Waals surface area contributed by atoms with Crippen molar-refractivity contribution in [3.63, 3.8) is 0 Å². The molecule has 14 heavy (non-hydrogen) atoms. The second-order valence-electron chi connectivity index (χ2n) is 3.31. The normalized spacial score (nSPS) is 16.5. The van der Waals surface area contributed by atoms with Gasteiger partial charge in [0, 0.05) is 13.1 Å². The topological polar surface area (TPSA) is 72.6 Å². The van der Waals surface area contributed by atoms with Gasteiger partial charge in [-0.15, -0.1) is 0 Å². The fourth-order valence-corrected chi connectivity index (χ4v) is 1.44. The van der Waals surface area contributed by atoms with Crippen molar-refractivity contribution in [2.24, 2.45) is 5.73 Å². The predicted molar refractivity (Wildman–Crippen MR) is 50.4 cm³/mol. The molecule has 0 unspecified atom stereocenters. The summed E-state index contributed by atoms with van der Waals surface area (Å²) in [7, 11) is 0. The van der Waals surface area contributed by atoms with Gasteiger partial charge in [-0.05, 0) is 19.3 Å². The van der Waals surface area contributed by atoms with Gasteiger partial charge in [-0.25, -0.2) is 0 Å². The van der Waals surface area contributed by atoms with E-state index in [2.05, 4.69) is 4.74 Å². The van der Waals surface area contributed by atoms with Crippen LogP contribution >= 0.6 is 0 Å². The third-order valence-electron chi connectivity index (χ3n) is 2.23. The standard InChI is InChI=1S/C9H16N2O3/c10-6-9(13)14-7-8(12)11-4-2-1-3-5-11/h1-7,10H2. The molecular weight excluding hydrogens is 184 g/mol.